The highest BCUT2D eigenvalue weighted by molar-refractivity contribution is 6.12. The van der Waals surface area contributed by atoms with E-state index in [9.17, 15) is 19.2 Å². The molecule has 8 heteroatoms. The second-order valence-corrected chi connectivity index (χ2v) is 9.01. The van der Waals surface area contributed by atoms with Crippen LogP contribution in [0.2, 0.25) is 0 Å². The SMILES string of the molecule is COC(=O)[C@@H]1C(=O)C2=C(C[C@H]1C)NC(C)=C(C(=O)OC(C)C)[C@H]2c1coc2ccccc2c1=O. The smallest absolute Gasteiger partial charge is 0.337 e. The van der Waals surface area contributed by atoms with Gasteiger partial charge in [-0.15, -0.1) is 0 Å². The monoisotopic (exact) mass is 465 g/mol. The molecule has 0 radical (unpaired) electrons. The number of ether oxygens (including phenoxy) is 2. The summed E-state index contributed by atoms with van der Waals surface area (Å²) in [5, 5.41) is 3.50. The standard InChI is InChI=1S/C26H27NO7/c1-12(2)34-26(31)20-14(4)27-17-10-13(3)19(25(30)32-5)24(29)22(17)21(20)16-11-33-18-9-7-6-8-15(18)23(16)28/h6-9,11-13,19,21,27H,10H2,1-5H3/t13-,19+,21-/m1/s1. The maximum absolute atomic E-state index is 13.7. The highest BCUT2D eigenvalue weighted by atomic mass is 16.5. The number of methoxy groups -OCH3 is 1. The molecule has 1 aliphatic carbocycles. The van der Waals surface area contributed by atoms with Gasteiger partial charge in [-0.2, -0.15) is 0 Å². The molecule has 178 valence electrons. The zero-order valence-electron chi connectivity index (χ0n) is 19.8. The van der Waals surface area contributed by atoms with E-state index in [2.05, 4.69) is 5.32 Å². The Labute approximate surface area is 196 Å². The van der Waals surface area contributed by atoms with E-state index in [1.54, 1.807) is 52.0 Å². The first-order valence-electron chi connectivity index (χ1n) is 11.2. The van der Waals surface area contributed by atoms with E-state index in [4.69, 9.17) is 13.9 Å². The summed E-state index contributed by atoms with van der Waals surface area (Å²) in [4.78, 5) is 53.0. The van der Waals surface area contributed by atoms with E-state index in [1.165, 1.54) is 13.4 Å². The van der Waals surface area contributed by atoms with Gasteiger partial charge in [0.2, 0.25) is 0 Å². The van der Waals surface area contributed by atoms with Crippen LogP contribution < -0.4 is 10.7 Å². The number of nitrogens with one attached hydrogen (secondary N) is 1. The number of benzene rings is 1. The topological polar surface area (TPSA) is 112 Å². The second kappa shape index (κ2) is 8.93. The number of carbonyl (C=O) groups excluding carboxylic acids is 3. The summed E-state index contributed by atoms with van der Waals surface area (Å²) >= 11 is 0. The lowest BCUT2D eigenvalue weighted by Gasteiger charge is -2.38. The van der Waals surface area contributed by atoms with Crippen LogP contribution in [0.1, 0.15) is 45.6 Å². The van der Waals surface area contributed by atoms with Gasteiger partial charge in [0.15, 0.2) is 11.2 Å². The molecule has 0 saturated heterocycles. The van der Waals surface area contributed by atoms with Crippen molar-refractivity contribution in [3.63, 3.8) is 0 Å². The molecule has 0 amide bonds. The molecule has 34 heavy (non-hydrogen) atoms. The van der Waals surface area contributed by atoms with E-state index in [0.29, 0.717) is 28.8 Å². The van der Waals surface area contributed by atoms with E-state index in [-0.39, 0.29) is 28.1 Å². The highest BCUT2D eigenvalue weighted by Gasteiger charge is 2.48. The quantitative estimate of drug-likeness (QED) is 0.540. The first-order valence-corrected chi connectivity index (χ1v) is 11.2. The van der Waals surface area contributed by atoms with Gasteiger partial charge in [-0.25, -0.2) is 4.79 Å². The number of para-hydroxylation sites is 1. The van der Waals surface area contributed by atoms with Gasteiger partial charge < -0.3 is 19.2 Å². The molecule has 0 spiro atoms. The Bertz CT molecular complexity index is 1310. The van der Waals surface area contributed by atoms with E-state index in [1.807, 2.05) is 0 Å². The molecule has 1 N–H and O–H groups in total. The summed E-state index contributed by atoms with van der Waals surface area (Å²) in [5.41, 5.74) is 1.56. The molecule has 1 aromatic carbocycles. The molecule has 0 saturated carbocycles. The maximum Gasteiger partial charge on any atom is 0.337 e. The van der Waals surface area contributed by atoms with Gasteiger partial charge in [0.25, 0.3) is 0 Å². The van der Waals surface area contributed by atoms with Crippen LogP contribution in [0.5, 0.6) is 0 Å². The lowest BCUT2D eigenvalue weighted by Crippen LogP contribution is -2.44. The van der Waals surface area contributed by atoms with E-state index < -0.39 is 35.7 Å². The van der Waals surface area contributed by atoms with Crippen LogP contribution in [-0.2, 0) is 23.9 Å². The lowest BCUT2D eigenvalue weighted by atomic mass is 9.69. The van der Waals surface area contributed by atoms with Crippen LogP contribution in [-0.4, -0.2) is 30.9 Å². The van der Waals surface area contributed by atoms with E-state index in [0.717, 1.165) is 0 Å². The molecule has 2 aromatic rings. The van der Waals surface area contributed by atoms with Gasteiger partial charge >= 0.3 is 11.9 Å². The van der Waals surface area contributed by atoms with Crippen molar-refractivity contribution in [1.29, 1.82) is 0 Å². The fourth-order valence-corrected chi connectivity index (χ4v) is 4.83. The molecule has 0 bridgehead atoms. The van der Waals surface area contributed by atoms with Gasteiger partial charge in [-0.1, -0.05) is 19.1 Å². The Morgan fingerprint density at radius 1 is 1.18 bits per heavy atom. The predicted octanol–water partition coefficient (Wildman–Crippen LogP) is 3.36. The van der Waals surface area contributed by atoms with E-state index >= 15 is 0 Å². The minimum atomic E-state index is -1.05. The molecule has 8 nitrogen and oxygen atoms in total. The molecule has 1 aromatic heterocycles. The lowest BCUT2D eigenvalue weighted by molar-refractivity contribution is -0.151. The Kier molecular flexibility index (Phi) is 6.17. The van der Waals surface area contributed by atoms with Crippen molar-refractivity contribution in [3.05, 3.63) is 68.9 Å². The largest absolute Gasteiger partial charge is 0.468 e. The Balaban J connectivity index is 1.97. The van der Waals surface area contributed by atoms with Crippen LogP contribution in [0.4, 0.5) is 0 Å². The van der Waals surface area contributed by atoms with Crippen molar-refractivity contribution in [3.8, 4) is 0 Å². The predicted molar refractivity (Wildman–Crippen MR) is 124 cm³/mol. The molecule has 1 aliphatic heterocycles. The minimum Gasteiger partial charge on any atom is -0.468 e. The first kappa shape index (κ1) is 23.5. The minimum absolute atomic E-state index is 0.134. The molecule has 3 atom stereocenters. The molecule has 4 rings (SSSR count). The molecule has 2 heterocycles. The molecule has 0 unspecified atom stereocenters. The summed E-state index contributed by atoms with van der Waals surface area (Å²) in [6.45, 7) is 6.94. The van der Waals surface area contributed by atoms with Crippen LogP contribution in [0.3, 0.4) is 0 Å². The van der Waals surface area contributed by atoms with Crippen LogP contribution in [0.25, 0.3) is 11.0 Å². The molecular formula is C26H27NO7. The summed E-state index contributed by atoms with van der Waals surface area (Å²) in [6, 6.07) is 6.76. The molecule has 0 fully saturated rings. The summed E-state index contributed by atoms with van der Waals surface area (Å²) in [7, 11) is 1.23. The first-order chi connectivity index (χ1) is 16.1. The van der Waals surface area contributed by atoms with Crippen LogP contribution in [0.15, 0.2) is 62.3 Å². The average Bonchev–Trinajstić information content (AvgIpc) is 2.78. The van der Waals surface area contributed by atoms with Gasteiger partial charge in [0, 0.05) is 22.5 Å². The molecule has 2 aliphatic rings. The number of allylic oxidation sites excluding steroid dienone is 3. The van der Waals surface area contributed by atoms with Crippen molar-refractivity contribution in [1.82, 2.24) is 5.32 Å². The Morgan fingerprint density at radius 3 is 2.56 bits per heavy atom. The number of Topliss-reactive ketones (excluding diaryl/α,β-unsaturated/α-hetero) is 1. The normalized spacial score (nSPS) is 22.5. The van der Waals surface area contributed by atoms with Gasteiger partial charge in [-0.05, 0) is 45.2 Å². The van der Waals surface area contributed by atoms with Crippen LogP contribution >= 0.6 is 0 Å². The van der Waals surface area contributed by atoms with Crippen molar-refractivity contribution >= 4 is 28.7 Å². The van der Waals surface area contributed by atoms with Crippen molar-refractivity contribution in [2.75, 3.05) is 7.11 Å². The van der Waals surface area contributed by atoms with Crippen LogP contribution in [0, 0.1) is 11.8 Å². The third-order valence-corrected chi connectivity index (χ3v) is 6.32. The number of esters is 2. The number of hydrogen-bond donors (Lipinski definition) is 1. The number of ketones is 1. The Morgan fingerprint density at radius 2 is 1.88 bits per heavy atom. The van der Waals surface area contributed by atoms with Crippen molar-refractivity contribution in [2.24, 2.45) is 11.8 Å². The number of hydrogen-bond acceptors (Lipinski definition) is 8. The third-order valence-electron chi connectivity index (χ3n) is 6.32. The highest BCUT2D eigenvalue weighted by Crippen LogP contribution is 2.45. The Hall–Kier alpha value is -3.68. The number of dihydropyridines is 1. The fraction of sp³-hybridized carbons (Fsp3) is 0.385. The summed E-state index contributed by atoms with van der Waals surface area (Å²) in [6.07, 6.45) is 1.25. The maximum atomic E-state index is 13.7. The zero-order valence-corrected chi connectivity index (χ0v) is 19.8. The summed E-state index contributed by atoms with van der Waals surface area (Å²) < 4.78 is 16.1. The average molecular weight is 466 g/mol. The third kappa shape index (κ3) is 3.83. The van der Waals surface area contributed by atoms with Crippen molar-refractivity contribution < 1.29 is 28.3 Å². The van der Waals surface area contributed by atoms with Gasteiger partial charge in [0.05, 0.1) is 36.4 Å². The number of rotatable bonds is 4. The number of carbonyl (C=O) groups is 3. The fourth-order valence-electron chi connectivity index (χ4n) is 4.83. The molecular weight excluding hydrogens is 438 g/mol. The zero-order chi connectivity index (χ0) is 24.7. The number of fused-ring (bicyclic) bond motifs is 1. The summed E-state index contributed by atoms with van der Waals surface area (Å²) in [5.74, 6) is -4.18. The second-order valence-electron chi connectivity index (χ2n) is 9.01. The van der Waals surface area contributed by atoms with Crippen molar-refractivity contribution in [2.45, 2.75) is 46.1 Å². The van der Waals surface area contributed by atoms with Gasteiger partial charge in [-0.3, -0.25) is 14.4 Å². The van der Waals surface area contributed by atoms with Gasteiger partial charge in [0.1, 0.15) is 11.5 Å².